The summed E-state index contributed by atoms with van der Waals surface area (Å²) in [6.45, 7) is 21.0. The van der Waals surface area contributed by atoms with Crippen molar-refractivity contribution < 1.29 is 0 Å². The minimum atomic E-state index is 0.881. The van der Waals surface area contributed by atoms with Crippen molar-refractivity contribution in [3.63, 3.8) is 0 Å². The molecule has 318 valence electrons. The van der Waals surface area contributed by atoms with Crippen molar-refractivity contribution in [2.24, 2.45) is 0 Å². The van der Waals surface area contributed by atoms with Gasteiger partial charge in [0, 0.05) is 27.8 Å². The first-order chi connectivity index (χ1) is 30.4. The second-order valence-electron chi connectivity index (χ2n) is 16.8. The lowest BCUT2D eigenvalue weighted by Gasteiger charge is -2.11. The number of H-pyrrole nitrogens is 2. The molecule has 4 nitrogen and oxygen atoms in total. The summed E-state index contributed by atoms with van der Waals surface area (Å²) in [6.07, 6.45) is 10.4. The van der Waals surface area contributed by atoms with Crippen molar-refractivity contribution >= 4 is 44.4 Å². The Balaban J connectivity index is 1.80. The number of fused-ring (bicyclic) bond motifs is 8. The summed E-state index contributed by atoms with van der Waals surface area (Å²) < 4.78 is 0. The van der Waals surface area contributed by atoms with Crippen LogP contribution in [0.3, 0.4) is 0 Å². The molecular formula is C58H66N4. The molecule has 3 aromatic heterocycles. The molecule has 0 aliphatic carbocycles. The summed E-state index contributed by atoms with van der Waals surface area (Å²) in [5.41, 5.74) is 28.8. The van der Waals surface area contributed by atoms with Crippen molar-refractivity contribution in [2.45, 2.75) is 133 Å². The van der Waals surface area contributed by atoms with Crippen LogP contribution in [-0.4, -0.2) is 19.9 Å². The Kier molecular flexibility index (Phi) is 13.0. The molecule has 0 unspecified atom stereocenters. The molecule has 8 rings (SSSR count). The van der Waals surface area contributed by atoms with E-state index in [-0.39, 0.29) is 0 Å². The average Bonchev–Trinajstić information content (AvgIpc) is 4.08. The zero-order valence-corrected chi connectivity index (χ0v) is 38.8. The van der Waals surface area contributed by atoms with Gasteiger partial charge in [-0.05, 0) is 125 Å². The predicted molar refractivity (Wildman–Crippen MR) is 268 cm³/mol. The van der Waals surface area contributed by atoms with Gasteiger partial charge in [0.1, 0.15) is 0 Å². The predicted octanol–water partition coefficient (Wildman–Crippen LogP) is 16.4. The summed E-state index contributed by atoms with van der Waals surface area (Å²) in [5.74, 6) is 0. The van der Waals surface area contributed by atoms with Gasteiger partial charge in [-0.3, -0.25) is 0 Å². The SMILES string of the molecule is CCCCc1c2nc(c(-c3ccccc3)c3[nH]c(c(CC)c3CC)c(-c3ccccc3)c3nc(c(-c4ccccc4)c4[nH]c1c(CC)c4CC)C(CC)=C3CC)C(CC)=C2CC. The Labute approximate surface area is 370 Å². The maximum Gasteiger partial charge on any atom is 0.0772 e. The topological polar surface area (TPSA) is 57.4 Å². The molecule has 6 aromatic rings. The third kappa shape index (κ3) is 7.20. The Morgan fingerprint density at radius 2 is 0.645 bits per heavy atom. The second-order valence-corrected chi connectivity index (χ2v) is 16.8. The van der Waals surface area contributed by atoms with Crippen LogP contribution in [0.1, 0.15) is 151 Å². The number of unbranched alkanes of at least 4 members (excludes halogenated alkanes) is 1. The molecular weight excluding hydrogens is 753 g/mol. The molecule has 0 radical (unpaired) electrons. The fourth-order valence-electron chi connectivity index (χ4n) is 10.8. The number of aryl methyl sites for hydroxylation is 5. The summed E-state index contributed by atoms with van der Waals surface area (Å²) in [4.78, 5) is 20.5. The molecule has 5 heterocycles. The van der Waals surface area contributed by atoms with Gasteiger partial charge in [0.15, 0.2) is 0 Å². The minimum Gasteiger partial charge on any atom is -0.354 e. The second kappa shape index (κ2) is 18.7. The van der Waals surface area contributed by atoms with Gasteiger partial charge in [-0.2, -0.15) is 0 Å². The van der Waals surface area contributed by atoms with Gasteiger partial charge in [0.05, 0.1) is 39.3 Å². The first-order valence-corrected chi connectivity index (χ1v) is 23.9. The highest BCUT2D eigenvalue weighted by Gasteiger charge is 2.31. The highest BCUT2D eigenvalue weighted by atomic mass is 14.8. The van der Waals surface area contributed by atoms with Crippen LogP contribution in [0.5, 0.6) is 0 Å². The first kappa shape index (κ1) is 42.9. The molecule has 3 aromatic carbocycles. The van der Waals surface area contributed by atoms with Crippen LogP contribution in [0, 0.1) is 0 Å². The largest absolute Gasteiger partial charge is 0.354 e. The van der Waals surface area contributed by atoms with E-state index in [2.05, 4.69) is 163 Å². The normalized spacial score (nSPS) is 12.9. The molecule has 0 saturated carbocycles. The monoisotopic (exact) mass is 819 g/mol. The molecule has 8 bridgehead atoms. The number of allylic oxidation sites excluding steroid dienone is 4. The van der Waals surface area contributed by atoms with Crippen LogP contribution in [0.15, 0.2) is 91.0 Å². The lowest BCUT2D eigenvalue weighted by molar-refractivity contribution is 0.793. The third-order valence-corrected chi connectivity index (χ3v) is 13.6. The van der Waals surface area contributed by atoms with Gasteiger partial charge < -0.3 is 9.97 Å². The summed E-state index contributed by atoms with van der Waals surface area (Å²) >= 11 is 0. The first-order valence-electron chi connectivity index (χ1n) is 23.9. The van der Waals surface area contributed by atoms with E-state index in [1.807, 2.05) is 0 Å². The van der Waals surface area contributed by atoms with Crippen LogP contribution in [0.4, 0.5) is 0 Å². The van der Waals surface area contributed by atoms with E-state index in [0.717, 1.165) is 87.7 Å². The molecule has 2 aliphatic rings. The molecule has 0 spiro atoms. The number of nitrogens with zero attached hydrogens (tertiary/aromatic N) is 2. The lowest BCUT2D eigenvalue weighted by atomic mass is 9.90. The minimum absolute atomic E-state index is 0.881. The van der Waals surface area contributed by atoms with Crippen molar-refractivity contribution in [3.05, 3.63) is 142 Å². The number of nitrogens with one attached hydrogen (secondary N) is 2. The van der Waals surface area contributed by atoms with Crippen LogP contribution >= 0.6 is 0 Å². The Morgan fingerprint density at radius 1 is 0.339 bits per heavy atom. The molecule has 2 N–H and O–H groups in total. The van der Waals surface area contributed by atoms with Gasteiger partial charge in [0.25, 0.3) is 0 Å². The molecule has 0 fully saturated rings. The van der Waals surface area contributed by atoms with E-state index >= 15 is 0 Å². The molecule has 2 aliphatic heterocycles. The van der Waals surface area contributed by atoms with Crippen LogP contribution < -0.4 is 0 Å². The number of hydrogen-bond donors (Lipinski definition) is 2. The van der Waals surface area contributed by atoms with E-state index in [1.165, 1.54) is 111 Å². The fourth-order valence-corrected chi connectivity index (χ4v) is 10.8. The quantitative estimate of drug-likeness (QED) is 0.115. The van der Waals surface area contributed by atoms with Gasteiger partial charge in [-0.15, -0.1) is 0 Å². The van der Waals surface area contributed by atoms with E-state index in [0.29, 0.717) is 0 Å². The molecule has 62 heavy (non-hydrogen) atoms. The van der Waals surface area contributed by atoms with Crippen LogP contribution in [0.2, 0.25) is 0 Å². The molecule has 0 saturated heterocycles. The average molecular weight is 819 g/mol. The Hall–Kier alpha value is -5.74. The lowest BCUT2D eigenvalue weighted by Crippen LogP contribution is -1.97. The fraction of sp³-hybridized carbons (Fsp3) is 0.345. The van der Waals surface area contributed by atoms with Crippen molar-refractivity contribution in [2.75, 3.05) is 0 Å². The van der Waals surface area contributed by atoms with Crippen LogP contribution in [-0.2, 0) is 32.1 Å². The van der Waals surface area contributed by atoms with Crippen molar-refractivity contribution in [1.29, 1.82) is 0 Å². The highest BCUT2D eigenvalue weighted by Crippen LogP contribution is 2.48. The highest BCUT2D eigenvalue weighted by molar-refractivity contribution is 6.07. The van der Waals surface area contributed by atoms with Gasteiger partial charge in [-0.1, -0.05) is 160 Å². The Morgan fingerprint density at radius 3 is 0.968 bits per heavy atom. The molecule has 0 atom stereocenters. The third-order valence-electron chi connectivity index (χ3n) is 13.6. The van der Waals surface area contributed by atoms with E-state index < -0.39 is 0 Å². The van der Waals surface area contributed by atoms with Gasteiger partial charge >= 0.3 is 0 Å². The number of hydrogen-bond acceptors (Lipinski definition) is 2. The van der Waals surface area contributed by atoms with Crippen LogP contribution in [0.25, 0.3) is 77.7 Å². The molecule has 4 heteroatoms. The van der Waals surface area contributed by atoms with Gasteiger partial charge in [-0.25, -0.2) is 9.97 Å². The van der Waals surface area contributed by atoms with E-state index in [4.69, 9.17) is 9.97 Å². The summed E-state index contributed by atoms with van der Waals surface area (Å²) in [6, 6.07) is 33.2. The zero-order chi connectivity index (χ0) is 43.5. The maximum absolute atomic E-state index is 6.00. The summed E-state index contributed by atoms with van der Waals surface area (Å²) in [7, 11) is 0. The Bertz CT molecular complexity index is 2790. The number of rotatable bonds is 14. The van der Waals surface area contributed by atoms with Crippen molar-refractivity contribution in [1.82, 2.24) is 19.9 Å². The molecule has 0 amide bonds. The van der Waals surface area contributed by atoms with E-state index in [9.17, 15) is 0 Å². The smallest absolute Gasteiger partial charge is 0.0772 e. The maximum atomic E-state index is 6.00. The summed E-state index contributed by atoms with van der Waals surface area (Å²) in [5, 5.41) is 0. The van der Waals surface area contributed by atoms with Crippen molar-refractivity contribution in [3.8, 4) is 33.4 Å². The number of aromatic amines is 2. The van der Waals surface area contributed by atoms with E-state index in [1.54, 1.807) is 0 Å². The standard InChI is InChI=1S/C58H66N4/c1-10-19-35-47-51-39(11-2)41(13-4)53(59-51)48(36-29-23-20-24-30-36)55-43(15-6)45(17-8)57(61-55)50(38-33-27-22-28-34-38)58-46(18-9)44(16-7)56(62-58)49(37-31-25-21-26-32-37)54-42(14-5)40(12-3)52(47)60-54/h20-34,59,62H,10-19,35H2,1-9H3. The zero-order valence-electron chi connectivity index (χ0n) is 38.8. The van der Waals surface area contributed by atoms with Gasteiger partial charge in [0.2, 0.25) is 0 Å². The number of benzene rings is 3. The number of aromatic nitrogens is 4.